The Balaban J connectivity index is 1.69. The van der Waals surface area contributed by atoms with Gasteiger partial charge in [-0.1, -0.05) is 0 Å². The Kier molecular flexibility index (Phi) is 2.44. The van der Waals surface area contributed by atoms with Crippen molar-refractivity contribution in [2.45, 2.75) is 44.8 Å². The molecule has 3 heteroatoms. The van der Waals surface area contributed by atoms with Crippen molar-refractivity contribution in [2.75, 3.05) is 7.11 Å². The van der Waals surface area contributed by atoms with Gasteiger partial charge in [0.25, 0.3) is 0 Å². The summed E-state index contributed by atoms with van der Waals surface area (Å²) in [5, 5.41) is 0. The van der Waals surface area contributed by atoms with E-state index in [-0.39, 0.29) is 5.60 Å². The maximum absolute atomic E-state index is 6.41. The van der Waals surface area contributed by atoms with Crippen LogP contribution in [0.1, 0.15) is 47.0 Å². The molecule has 1 spiro atoms. The van der Waals surface area contributed by atoms with Crippen LogP contribution in [-0.4, -0.2) is 11.7 Å². The zero-order valence-corrected chi connectivity index (χ0v) is 13.8. The van der Waals surface area contributed by atoms with Crippen molar-refractivity contribution in [3.63, 3.8) is 0 Å². The SMILES string of the molecule is COc1cc2c3c(c1)C1=CCC3(CC(n3c(C)ccc3C)C2)O1. The minimum atomic E-state index is -0.141. The molecular formula is C20H21NO2. The lowest BCUT2D eigenvalue weighted by molar-refractivity contribution is 0.0371. The van der Waals surface area contributed by atoms with Crippen LogP contribution >= 0.6 is 0 Å². The first-order chi connectivity index (χ1) is 11.1. The normalized spacial score (nSPS) is 26.7. The van der Waals surface area contributed by atoms with Gasteiger partial charge in [0.15, 0.2) is 0 Å². The van der Waals surface area contributed by atoms with E-state index >= 15 is 0 Å². The third-order valence-electron chi connectivity index (χ3n) is 5.78. The van der Waals surface area contributed by atoms with Gasteiger partial charge in [0, 0.05) is 41.4 Å². The minimum Gasteiger partial charge on any atom is -0.497 e. The maximum atomic E-state index is 6.41. The van der Waals surface area contributed by atoms with Crippen LogP contribution in [0.2, 0.25) is 0 Å². The van der Waals surface area contributed by atoms with Crippen LogP contribution in [0, 0.1) is 13.8 Å². The van der Waals surface area contributed by atoms with Crippen molar-refractivity contribution in [1.29, 1.82) is 0 Å². The number of ether oxygens (including phenoxy) is 2. The van der Waals surface area contributed by atoms with Crippen LogP contribution in [0.3, 0.4) is 0 Å². The Bertz CT molecular complexity index is 841. The first-order valence-corrected chi connectivity index (χ1v) is 8.37. The summed E-state index contributed by atoms with van der Waals surface area (Å²) in [7, 11) is 1.74. The second-order valence-electron chi connectivity index (χ2n) is 7.13. The van der Waals surface area contributed by atoms with Crippen LogP contribution in [0.25, 0.3) is 5.76 Å². The highest BCUT2D eigenvalue weighted by Gasteiger charge is 2.52. The van der Waals surface area contributed by atoms with Crippen molar-refractivity contribution in [1.82, 2.24) is 4.57 Å². The molecule has 1 aromatic heterocycles. The summed E-state index contributed by atoms with van der Waals surface area (Å²) in [5.41, 5.74) is 6.60. The number of methoxy groups -OCH3 is 1. The number of hydrogen-bond acceptors (Lipinski definition) is 2. The smallest absolute Gasteiger partial charge is 0.140 e. The Morgan fingerprint density at radius 3 is 2.74 bits per heavy atom. The van der Waals surface area contributed by atoms with E-state index in [4.69, 9.17) is 9.47 Å². The molecular weight excluding hydrogens is 286 g/mol. The second kappa shape index (κ2) is 4.22. The molecule has 0 radical (unpaired) electrons. The molecule has 0 N–H and O–H groups in total. The molecule has 2 bridgehead atoms. The summed E-state index contributed by atoms with van der Waals surface area (Å²) in [5.74, 6) is 1.99. The molecule has 2 unspecified atom stereocenters. The van der Waals surface area contributed by atoms with Gasteiger partial charge in [-0.2, -0.15) is 0 Å². The first kappa shape index (κ1) is 13.3. The summed E-state index contributed by atoms with van der Waals surface area (Å²) in [6.45, 7) is 4.40. The number of nitrogens with zero attached hydrogens (tertiary/aromatic N) is 1. The minimum absolute atomic E-state index is 0.141. The van der Waals surface area contributed by atoms with E-state index in [1.54, 1.807) is 7.11 Å². The number of aryl methyl sites for hydroxylation is 2. The van der Waals surface area contributed by atoms with Crippen LogP contribution in [0.15, 0.2) is 30.3 Å². The van der Waals surface area contributed by atoms with E-state index in [1.165, 1.54) is 28.1 Å². The van der Waals surface area contributed by atoms with Crippen molar-refractivity contribution in [3.8, 4) is 5.75 Å². The lowest BCUT2D eigenvalue weighted by Gasteiger charge is -2.38. The van der Waals surface area contributed by atoms with Crippen molar-refractivity contribution >= 4 is 5.76 Å². The van der Waals surface area contributed by atoms with Crippen LogP contribution in [0.4, 0.5) is 0 Å². The molecule has 0 fully saturated rings. The zero-order chi connectivity index (χ0) is 15.8. The molecule has 2 aromatic rings. The maximum Gasteiger partial charge on any atom is 0.140 e. The van der Waals surface area contributed by atoms with Crippen LogP contribution < -0.4 is 4.74 Å². The molecule has 2 atom stereocenters. The van der Waals surface area contributed by atoms with Crippen LogP contribution in [-0.2, 0) is 16.8 Å². The van der Waals surface area contributed by atoms with E-state index in [9.17, 15) is 0 Å². The number of rotatable bonds is 2. The standard InChI is InChI=1S/C20H21NO2/c1-12-4-5-13(2)21(12)15-8-14-9-16(22-3)10-17-18-6-7-20(11-15,23-18)19(14)17/h4-6,9-10,15H,7-8,11H2,1-3H3. The first-order valence-electron chi connectivity index (χ1n) is 8.37. The third kappa shape index (κ3) is 1.60. The Labute approximate surface area is 136 Å². The second-order valence-corrected chi connectivity index (χ2v) is 7.13. The van der Waals surface area contributed by atoms with E-state index in [1.807, 2.05) is 0 Å². The number of aromatic nitrogens is 1. The van der Waals surface area contributed by atoms with Crippen molar-refractivity contribution in [2.24, 2.45) is 0 Å². The number of hydrogen-bond donors (Lipinski definition) is 0. The summed E-state index contributed by atoms with van der Waals surface area (Å²) >= 11 is 0. The lowest BCUT2D eigenvalue weighted by atomic mass is 9.72. The average Bonchev–Trinajstić information content (AvgIpc) is 3.19. The number of fused-ring (bicyclic) bond motifs is 2. The predicted molar refractivity (Wildman–Crippen MR) is 89.6 cm³/mol. The van der Waals surface area contributed by atoms with Gasteiger partial charge in [-0.05, 0) is 56.2 Å². The molecule has 5 rings (SSSR count). The monoisotopic (exact) mass is 307 g/mol. The van der Waals surface area contributed by atoms with Gasteiger partial charge in [0.1, 0.15) is 17.1 Å². The van der Waals surface area contributed by atoms with Crippen molar-refractivity contribution < 1.29 is 9.47 Å². The summed E-state index contributed by atoms with van der Waals surface area (Å²) in [6, 6.07) is 9.23. The largest absolute Gasteiger partial charge is 0.497 e. The van der Waals surface area contributed by atoms with Gasteiger partial charge >= 0.3 is 0 Å². The average molecular weight is 307 g/mol. The molecule has 118 valence electrons. The van der Waals surface area contributed by atoms with Gasteiger partial charge in [0.2, 0.25) is 0 Å². The third-order valence-corrected chi connectivity index (χ3v) is 5.78. The Hall–Kier alpha value is -2.16. The van der Waals surface area contributed by atoms with Gasteiger partial charge in [-0.25, -0.2) is 0 Å². The fourth-order valence-electron chi connectivity index (χ4n) is 4.93. The quantitative estimate of drug-likeness (QED) is 0.827. The predicted octanol–water partition coefficient (Wildman–Crippen LogP) is 4.27. The van der Waals surface area contributed by atoms with Gasteiger partial charge in [-0.3, -0.25) is 0 Å². The van der Waals surface area contributed by atoms with Crippen LogP contribution in [0.5, 0.6) is 5.75 Å². The fourth-order valence-corrected chi connectivity index (χ4v) is 4.93. The van der Waals surface area contributed by atoms with Crippen molar-refractivity contribution in [3.05, 3.63) is 58.4 Å². The highest BCUT2D eigenvalue weighted by molar-refractivity contribution is 5.75. The van der Waals surface area contributed by atoms with E-state index in [0.29, 0.717) is 6.04 Å². The van der Waals surface area contributed by atoms with Gasteiger partial charge < -0.3 is 14.0 Å². The zero-order valence-electron chi connectivity index (χ0n) is 13.8. The summed E-state index contributed by atoms with van der Waals surface area (Å²) in [6.07, 6.45) is 5.36. The topological polar surface area (TPSA) is 23.4 Å². The highest BCUT2D eigenvalue weighted by Crippen LogP contribution is 2.59. The molecule has 0 amide bonds. The molecule has 23 heavy (non-hydrogen) atoms. The van der Waals surface area contributed by atoms with E-state index in [2.05, 4.69) is 48.8 Å². The lowest BCUT2D eigenvalue weighted by Crippen LogP contribution is -2.35. The molecule has 1 aromatic carbocycles. The highest BCUT2D eigenvalue weighted by atomic mass is 16.5. The molecule has 0 saturated carbocycles. The van der Waals surface area contributed by atoms with E-state index in [0.717, 1.165) is 30.8 Å². The van der Waals surface area contributed by atoms with Gasteiger partial charge in [-0.15, -0.1) is 0 Å². The summed E-state index contributed by atoms with van der Waals surface area (Å²) in [4.78, 5) is 0. The summed E-state index contributed by atoms with van der Waals surface area (Å²) < 4.78 is 14.4. The molecule has 1 aliphatic carbocycles. The molecule has 2 aliphatic heterocycles. The van der Waals surface area contributed by atoms with E-state index < -0.39 is 0 Å². The number of benzene rings is 1. The molecule has 3 nitrogen and oxygen atoms in total. The van der Waals surface area contributed by atoms with Gasteiger partial charge in [0.05, 0.1) is 7.11 Å². The Morgan fingerprint density at radius 1 is 1.22 bits per heavy atom. The molecule has 3 heterocycles. The Morgan fingerprint density at radius 2 is 2.00 bits per heavy atom. The fraction of sp³-hybridized carbons (Fsp3) is 0.400. The molecule has 3 aliphatic rings. The molecule has 0 saturated heterocycles.